The minimum Gasteiger partial charge on any atom is -0.352 e. The van der Waals surface area contributed by atoms with E-state index in [0.29, 0.717) is 6.54 Å². The highest BCUT2D eigenvalue weighted by atomic mass is 16.1. The van der Waals surface area contributed by atoms with Crippen LogP contribution < -0.4 is 11.1 Å². The number of carbonyl (C=O) groups excluding carboxylic acids is 1. The van der Waals surface area contributed by atoms with Gasteiger partial charge in [-0.15, -0.1) is 0 Å². The van der Waals surface area contributed by atoms with Crippen molar-refractivity contribution in [3.63, 3.8) is 0 Å². The van der Waals surface area contributed by atoms with Crippen LogP contribution in [0, 0.1) is 5.92 Å². The van der Waals surface area contributed by atoms with Crippen LogP contribution in [0.4, 0.5) is 0 Å². The smallest absolute Gasteiger partial charge is 0.223 e. The summed E-state index contributed by atoms with van der Waals surface area (Å²) in [5.74, 6) is 0.102. The molecule has 1 aliphatic carbocycles. The Morgan fingerprint density at radius 3 is 2.63 bits per heavy atom. The lowest BCUT2D eigenvalue weighted by atomic mass is 10.1. The Morgan fingerprint density at radius 1 is 1.15 bits per heavy atom. The van der Waals surface area contributed by atoms with Gasteiger partial charge < -0.3 is 11.1 Å². The van der Waals surface area contributed by atoms with Gasteiger partial charge in [0.1, 0.15) is 0 Å². The highest BCUT2D eigenvalue weighted by molar-refractivity contribution is 5.79. The fourth-order valence-corrected chi connectivity index (χ4v) is 3.59. The quantitative estimate of drug-likeness (QED) is 0.732. The molecule has 6 nitrogen and oxygen atoms in total. The molecule has 0 aliphatic heterocycles. The SMILES string of the molecule is NC1CCC(C(=O)NCc2cn(-c3ccccc3)nc2-c2ccncc2)C1. The molecule has 4 rings (SSSR count). The standard InChI is InChI=1S/C21H23N5O/c22-18-7-6-16(12-18)21(27)24-13-17-14-26(19-4-2-1-3-5-19)25-20(17)15-8-10-23-11-9-15/h1-5,8-11,14,16,18H,6-7,12-13,22H2,(H,24,27). The second kappa shape index (κ2) is 7.72. The summed E-state index contributed by atoms with van der Waals surface area (Å²) in [4.78, 5) is 16.6. The number of para-hydroxylation sites is 1. The van der Waals surface area contributed by atoms with Crippen molar-refractivity contribution in [1.29, 1.82) is 0 Å². The van der Waals surface area contributed by atoms with Crippen molar-refractivity contribution < 1.29 is 4.79 Å². The third-order valence-electron chi connectivity index (χ3n) is 5.06. The summed E-state index contributed by atoms with van der Waals surface area (Å²) < 4.78 is 1.85. The van der Waals surface area contributed by atoms with E-state index in [4.69, 9.17) is 10.8 Å². The zero-order valence-corrected chi connectivity index (χ0v) is 15.1. The lowest BCUT2D eigenvalue weighted by Gasteiger charge is -2.10. The van der Waals surface area contributed by atoms with Crippen LogP contribution in [0.2, 0.25) is 0 Å². The van der Waals surface area contributed by atoms with Crippen molar-refractivity contribution >= 4 is 5.91 Å². The van der Waals surface area contributed by atoms with E-state index in [0.717, 1.165) is 41.8 Å². The minimum absolute atomic E-state index is 0.0218. The van der Waals surface area contributed by atoms with Gasteiger partial charge in [0.25, 0.3) is 0 Å². The molecular formula is C21H23N5O. The molecule has 6 heteroatoms. The molecule has 1 saturated carbocycles. The van der Waals surface area contributed by atoms with Gasteiger partial charge in [-0.25, -0.2) is 4.68 Å². The van der Waals surface area contributed by atoms with Gasteiger partial charge in [-0.2, -0.15) is 5.10 Å². The van der Waals surface area contributed by atoms with E-state index < -0.39 is 0 Å². The van der Waals surface area contributed by atoms with Crippen LogP contribution in [0.25, 0.3) is 16.9 Å². The largest absolute Gasteiger partial charge is 0.352 e. The molecule has 1 aliphatic rings. The number of nitrogens with zero attached hydrogens (tertiary/aromatic N) is 3. The molecule has 3 aromatic rings. The van der Waals surface area contributed by atoms with Crippen molar-refractivity contribution in [3.05, 3.63) is 66.6 Å². The maximum atomic E-state index is 12.5. The van der Waals surface area contributed by atoms with Gasteiger partial charge in [-0.05, 0) is 43.5 Å². The molecule has 2 aromatic heterocycles. The molecular weight excluding hydrogens is 338 g/mol. The van der Waals surface area contributed by atoms with Crippen molar-refractivity contribution in [2.45, 2.75) is 31.8 Å². The highest BCUT2D eigenvalue weighted by Gasteiger charge is 2.27. The van der Waals surface area contributed by atoms with E-state index in [1.165, 1.54) is 0 Å². The summed E-state index contributed by atoms with van der Waals surface area (Å²) in [6, 6.07) is 14.0. The monoisotopic (exact) mass is 361 g/mol. The fraction of sp³-hybridized carbons (Fsp3) is 0.286. The number of carbonyl (C=O) groups is 1. The molecule has 2 heterocycles. The predicted molar refractivity (Wildman–Crippen MR) is 104 cm³/mol. The normalized spacial score (nSPS) is 19.1. The van der Waals surface area contributed by atoms with E-state index in [1.54, 1.807) is 12.4 Å². The molecule has 0 radical (unpaired) electrons. The van der Waals surface area contributed by atoms with Crippen LogP contribution in [-0.4, -0.2) is 26.7 Å². The van der Waals surface area contributed by atoms with Crippen LogP contribution in [0.15, 0.2) is 61.1 Å². The van der Waals surface area contributed by atoms with Crippen molar-refractivity contribution in [2.75, 3.05) is 0 Å². The van der Waals surface area contributed by atoms with Crippen molar-refractivity contribution in [1.82, 2.24) is 20.1 Å². The summed E-state index contributed by atoms with van der Waals surface area (Å²) in [7, 11) is 0. The average molecular weight is 361 g/mol. The Hall–Kier alpha value is -2.99. The van der Waals surface area contributed by atoms with E-state index >= 15 is 0 Å². The second-order valence-corrected chi connectivity index (χ2v) is 7.01. The summed E-state index contributed by atoms with van der Waals surface area (Å²) in [6.07, 6.45) is 8.04. The molecule has 1 aromatic carbocycles. The zero-order chi connectivity index (χ0) is 18.6. The summed E-state index contributed by atoms with van der Waals surface area (Å²) in [5.41, 5.74) is 9.72. The lowest BCUT2D eigenvalue weighted by molar-refractivity contribution is -0.125. The molecule has 1 fully saturated rings. The van der Waals surface area contributed by atoms with Crippen molar-refractivity contribution in [3.8, 4) is 16.9 Å². The Bertz CT molecular complexity index is 907. The molecule has 27 heavy (non-hydrogen) atoms. The molecule has 0 saturated heterocycles. The molecule has 0 spiro atoms. The van der Waals surface area contributed by atoms with Crippen LogP contribution in [0.3, 0.4) is 0 Å². The Balaban J connectivity index is 1.58. The highest BCUT2D eigenvalue weighted by Crippen LogP contribution is 2.26. The van der Waals surface area contributed by atoms with E-state index in [2.05, 4.69) is 10.3 Å². The topological polar surface area (TPSA) is 85.8 Å². The average Bonchev–Trinajstić information content (AvgIpc) is 3.34. The molecule has 0 bridgehead atoms. The number of nitrogens with one attached hydrogen (secondary N) is 1. The molecule has 3 N–H and O–H groups in total. The number of hydrogen-bond acceptors (Lipinski definition) is 4. The molecule has 1 amide bonds. The first-order valence-electron chi connectivity index (χ1n) is 9.28. The molecule has 2 atom stereocenters. The Labute approximate surface area is 158 Å². The number of nitrogens with two attached hydrogens (primary N) is 1. The maximum Gasteiger partial charge on any atom is 0.223 e. The molecule has 138 valence electrons. The van der Waals surface area contributed by atoms with E-state index in [1.807, 2.05) is 53.3 Å². The van der Waals surface area contributed by atoms with Gasteiger partial charge in [0, 0.05) is 48.2 Å². The van der Waals surface area contributed by atoms with Crippen LogP contribution in [0.5, 0.6) is 0 Å². The fourth-order valence-electron chi connectivity index (χ4n) is 3.59. The van der Waals surface area contributed by atoms with Crippen molar-refractivity contribution in [2.24, 2.45) is 11.7 Å². The first-order valence-corrected chi connectivity index (χ1v) is 9.28. The van der Waals surface area contributed by atoms with Gasteiger partial charge in [0.15, 0.2) is 0 Å². The number of amides is 1. The molecule has 2 unspecified atom stereocenters. The Kier molecular flexibility index (Phi) is 4.98. The summed E-state index contributed by atoms with van der Waals surface area (Å²) in [6.45, 7) is 0.440. The lowest BCUT2D eigenvalue weighted by Crippen LogP contribution is -2.30. The Morgan fingerprint density at radius 2 is 1.93 bits per heavy atom. The third-order valence-corrected chi connectivity index (χ3v) is 5.06. The van der Waals surface area contributed by atoms with Crippen LogP contribution in [-0.2, 0) is 11.3 Å². The van der Waals surface area contributed by atoms with Crippen LogP contribution >= 0.6 is 0 Å². The van der Waals surface area contributed by atoms with Gasteiger partial charge in [-0.1, -0.05) is 18.2 Å². The van der Waals surface area contributed by atoms with Gasteiger partial charge in [0.05, 0.1) is 11.4 Å². The number of hydrogen-bond donors (Lipinski definition) is 2. The zero-order valence-electron chi connectivity index (χ0n) is 15.1. The summed E-state index contributed by atoms with van der Waals surface area (Å²) >= 11 is 0. The maximum absolute atomic E-state index is 12.5. The first kappa shape index (κ1) is 17.4. The van der Waals surface area contributed by atoms with E-state index in [-0.39, 0.29) is 17.9 Å². The van der Waals surface area contributed by atoms with Gasteiger partial charge >= 0.3 is 0 Å². The predicted octanol–water partition coefficient (Wildman–Crippen LogP) is 2.68. The minimum atomic E-state index is 0.0218. The van der Waals surface area contributed by atoms with E-state index in [9.17, 15) is 4.79 Å². The number of aromatic nitrogens is 3. The summed E-state index contributed by atoms with van der Waals surface area (Å²) in [5, 5.41) is 7.83. The van der Waals surface area contributed by atoms with Gasteiger partial charge in [-0.3, -0.25) is 9.78 Å². The second-order valence-electron chi connectivity index (χ2n) is 7.01. The third kappa shape index (κ3) is 3.90. The van der Waals surface area contributed by atoms with Crippen LogP contribution in [0.1, 0.15) is 24.8 Å². The number of rotatable bonds is 5. The first-order chi connectivity index (χ1) is 13.2. The van der Waals surface area contributed by atoms with Gasteiger partial charge in [0.2, 0.25) is 5.91 Å². The number of benzene rings is 1. The number of pyridine rings is 1.